The molecule has 1 saturated heterocycles. The van der Waals surface area contributed by atoms with Crippen molar-refractivity contribution in [3.05, 3.63) is 0 Å². The van der Waals surface area contributed by atoms with Gasteiger partial charge in [0, 0.05) is 32.7 Å². The highest BCUT2D eigenvalue weighted by Gasteiger charge is 2.28. The van der Waals surface area contributed by atoms with Gasteiger partial charge in [0.15, 0.2) is 0 Å². The highest BCUT2D eigenvalue weighted by atomic mass is 19.4. The number of amides is 2. The van der Waals surface area contributed by atoms with Crippen LogP contribution in [-0.4, -0.2) is 74.5 Å². The molecule has 0 aromatic heterocycles. The summed E-state index contributed by atoms with van der Waals surface area (Å²) < 4.78 is 41.5. The van der Waals surface area contributed by atoms with Gasteiger partial charge in [-0.1, -0.05) is 0 Å². The molecule has 0 aliphatic carbocycles. The minimum absolute atomic E-state index is 0.0859. The van der Waals surface area contributed by atoms with Crippen LogP contribution in [0.15, 0.2) is 0 Å². The van der Waals surface area contributed by atoms with Gasteiger partial charge in [-0.25, -0.2) is 4.79 Å². The number of nitrogens with one attached hydrogen (secondary N) is 1. The predicted octanol–water partition coefficient (Wildman–Crippen LogP) is 0.806. The number of hydrogen-bond donors (Lipinski definition) is 1. The Balaban J connectivity index is 2.41. The number of carbonyl (C=O) groups is 1. The van der Waals surface area contributed by atoms with Crippen molar-refractivity contribution in [1.82, 2.24) is 15.1 Å². The highest BCUT2D eigenvalue weighted by molar-refractivity contribution is 5.74. The maximum Gasteiger partial charge on any atom is 0.405 e. The molecule has 0 aromatic carbocycles. The molecule has 9 heteroatoms. The average molecular weight is 308 g/mol. The summed E-state index contributed by atoms with van der Waals surface area (Å²) in [6.45, 7) is 2.26. The molecule has 1 rings (SSSR count). The van der Waals surface area contributed by atoms with Gasteiger partial charge >= 0.3 is 12.2 Å². The van der Waals surface area contributed by atoms with E-state index >= 15 is 0 Å². The van der Waals surface area contributed by atoms with Gasteiger partial charge in [-0.3, -0.25) is 4.90 Å². The average Bonchev–Trinajstić information content (AvgIpc) is 2.45. The number of urea groups is 1. The number of carbonyl (C=O) groups excluding carboxylic acids is 1. The third kappa shape index (κ3) is 7.72. The van der Waals surface area contributed by atoms with Gasteiger partial charge < -0.3 is 15.0 Å². The molecule has 2 amide bonds. The second kappa shape index (κ2) is 8.69. The Morgan fingerprint density at radius 3 is 2.57 bits per heavy atom. The molecule has 21 heavy (non-hydrogen) atoms. The SMILES string of the molecule is N#CCCN(CCN1CCOCC1)C(=O)NCC(F)(F)F. The molecule has 0 saturated carbocycles. The van der Waals surface area contributed by atoms with E-state index in [1.807, 2.05) is 11.4 Å². The topological polar surface area (TPSA) is 68.6 Å². The highest BCUT2D eigenvalue weighted by Crippen LogP contribution is 2.12. The summed E-state index contributed by atoms with van der Waals surface area (Å²) in [7, 11) is 0. The summed E-state index contributed by atoms with van der Waals surface area (Å²) in [5, 5.41) is 10.4. The molecule has 1 fully saturated rings. The first-order valence-electron chi connectivity index (χ1n) is 6.69. The second-order valence-corrected chi connectivity index (χ2v) is 4.62. The first kappa shape index (κ1) is 17.5. The van der Waals surface area contributed by atoms with Crippen LogP contribution in [0, 0.1) is 11.3 Å². The molecule has 0 unspecified atom stereocenters. The first-order chi connectivity index (χ1) is 9.92. The molecule has 0 radical (unpaired) electrons. The van der Waals surface area contributed by atoms with Crippen molar-refractivity contribution in [3.63, 3.8) is 0 Å². The van der Waals surface area contributed by atoms with E-state index in [1.54, 1.807) is 0 Å². The van der Waals surface area contributed by atoms with Gasteiger partial charge in [-0.15, -0.1) is 0 Å². The summed E-state index contributed by atoms with van der Waals surface area (Å²) in [6.07, 6.45) is -4.36. The largest absolute Gasteiger partial charge is 0.405 e. The fraction of sp³-hybridized carbons (Fsp3) is 0.833. The van der Waals surface area contributed by atoms with Crippen molar-refractivity contribution >= 4 is 6.03 Å². The number of alkyl halides is 3. The lowest BCUT2D eigenvalue weighted by Gasteiger charge is -2.30. The van der Waals surface area contributed by atoms with E-state index in [2.05, 4.69) is 4.90 Å². The Hall–Kier alpha value is -1.53. The zero-order valence-corrected chi connectivity index (χ0v) is 11.7. The number of halogens is 3. The van der Waals surface area contributed by atoms with Crippen molar-refractivity contribution in [3.8, 4) is 6.07 Å². The van der Waals surface area contributed by atoms with Crippen molar-refractivity contribution in [2.75, 3.05) is 52.5 Å². The summed E-state index contributed by atoms with van der Waals surface area (Å²) in [5.74, 6) is 0. The van der Waals surface area contributed by atoms with Crippen LogP contribution >= 0.6 is 0 Å². The Labute approximate surface area is 121 Å². The number of rotatable bonds is 6. The molecular weight excluding hydrogens is 289 g/mol. The van der Waals surface area contributed by atoms with E-state index in [0.29, 0.717) is 19.8 Å². The molecule has 1 aliphatic rings. The zero-order valence-electron chi connectivity index (χ0n) is 11.7. The standard InChI is InChI=1S/C12H19F3N4O2/c13-12(14,15)10-17-11(20)19(3-1-2-16)5-4-18-6-8-21-9-7-18/h1,3-10H2,(H,17,20). The minimum Gasteiger partial charge on any atom is -0.379 e. The fourth-order valence-electron chi connectivity index (χ4n) is 1.87. The van der Waals surface area contributed by atoms with Crippen molar-refractivity contribution < 1.29 is 22.7 Å². The van der Waals surface area contributed by atoms with Crippen LogP contribution in [0.1, 0.15) is 6.42 Å². The lowest BCUT2D eigenvalue weighted by Crippen LogP contribution is -2.48. The smallest absolute Gasteiger partial charge is 0.379 e. The number of ether oxygens (including phenoxy) is 1. The molecule has 0 bridgehead atoms. The molecular formula is C12H19F3N4O2. The van der Waals surface area contributed by atoms with Crippen LogP contribution in [0.25, 0.3) is 0 Å². The monoisotopic (exact) mass is 308 g/mol. The Bertz CT molecular complexity index is 364. The molecule has 0 atom stereocenters. The third-order valence-corrected chi connectivity index (χ3v) is 3.01. The van der Waals surface area contributed by atoms with E-state index in [4.69, 9.17) is 10.00 Å². The number of nitriles is 1. The Kier molecular flexibility index (Phi) is 7.25. The number of hydrogen-bond acceptors (Lipinski definition) is 4. The maximum atomic E-state index is 12.1. The Morgan fingerprint density at radius 2 is 2.00 bits per heavy atom. The van der Waals surface area contributed by atoms with Gasteiger partial charge in [-0.05, 0) is 0 Å². The predicted molar refractivity (Wildman–Crippen MR) is 68.5 cm³/mol. The van der Waals surface area contributed by atoms with Crippen LogP contribution < -0.4 is 5.32 Å². The summed E-state index contributed by atoms with van der Waals surface area (Å²) in [4.78, 5) is 15.0. The van der Waals surface area contributed by atoms with Gasteiger partial charge in [-0.2, -0.15) is 18.4 Å². The normalized spacial score (nSPS) is 16.3. The van der Waals surface area contributed by atoms with E-state index in [-0.39, 0.29) is 19.5 Å². The molecule has 1 aliphatic heterocycles. The van der Waals surface area contributed by atoms with Gasteiger partial charge in [0.2, 0.25) is 0 Å². The molecule has 6 nitrogen and oxygen atoms in total. The van der Waals surface area contributed by atoms with Crippen LogP contribution in [-0.2, 0) is 4.74 Å². The van der Waals surface area contributed by atoms with Gasteiger partial charge in [0.25, 0.3) is 0 Å². The van der Waals surface area contributed by atoms with E-state index in [1.165, 1.54) is 4.90 Å². The molecule has 1 N–H and O–H groups in total. The quantitative estimate of drug-likeness (QED) is 0.788. The molecule has 120 valence electrons. The van der Waals surface area contributed by atoms with Crippen LogP contribution in [0.5, 0.6) is 0 Å². The van der Waals surface area contributed by atoms with E-state index < -0.39 is 18.8 Å². The second-order valence-electron chi connectivity index (χ2n) is 4.62. The fourth-order valence-corrected chi connectivity index (χ4v) is 1.87. The molecule has 0 aromatic rings. The summed E-state index contributed by atoms with van der Waals surface area (Å²) in [5.41, 5.74) is 0. The van der Waals surface area contributed by atoms with E-state index in [9.17, 15) is 18.0 Å². The molecule has 0 spiro atoms. The number of nitrogens with zero attached hydrogens (tertiary/aromatic N) is 3. The first-order valence-corrected chi connectivity index (χ1v) is 6.69. The van der Waals surface area contributed by atoms with Crippen molar-refractivity contribution in [2.24, 2.45) is 0 Å². The lowest BCUT2D eigenvalue weighted by atomic mass is 10.3. The summed E-state index contributed by atoms with van der Waals surface area (Å²) >= 11 is 0. The lowest BCUT2D eigenvalue weighted by molar-refractivity contribution is -0.123. The third-order valence-electron chi connectivity index (χ3n) is 3.01. The summed E-state index contributed by atoms with van der Waals surface area (Å²) in [6, 6.07) is 1.09. The van der Waals surface area contributed by atoms with Crippen LogP contribution in [0.4, 0.5) is 18.0 Å². The van der Waals surface area contributed by atoms with Gasteiger partial charge in [0.05, 0.1) is 25.7 Å². The van der Waals surface area contributed by atoms with Gasteiger partial charge in [0.1, 0.15) is 6.54 Å². The number of morpholine rings is 1. The van der Waals surface area contributed by atoms with Crippen molar-refractivity contribution in [2.45, 2.75) is 12.6 Å². The maximum absolute atomic E-state index is 12.1. The Morgan fingerprint density at radius 1 is 1.33 bits per heavy atom. The zero-order chi connectivity index (χ0) is 15.7. The minimum atomic E-state index is -4.44. The molecule has 1 heterocycles. The van der Waals surface area contributed by atoms with E-state index in [0.717, 1.165) is 13.1 Å². The van der Waals surface area contributed by atoms with Crippen LogP contribution in [0.2, 0.25) is 0 Å². The van der Waals surface area contributed by atoms with Crippen LogP contribution in [0.3, 0.4) is 0 Å². The van der Waals surface area contributed by atoms with Crippen molar-refractivity contribution in [1.29, 1.82) is 5.26 Å².